The summed E-state index contributed by atoms with van der Waals surface area (Å²) in [7, 11) is 0. The SMILES string of the molecule is Cc1ccccc1NC(=O)Cc1nc(COC(=O)CCCc2nc(C(C)(C)C)no2)cs1. The number of rotatable bonds is 9. The van der Waals surface area contributed by atoms with Gasteiger partial charge in [-0.2, -0.15) is 4.98 Å². The number of thiazole rings is 1. The van der Waals surface area contributed by atoms with Gasteiger partial charge in [-0.25, -0.2) is 4.98 Å². The third kappa shape index (κ3) is 6.98. The molecule has 0 spiro atoms. The van der Waals surface area contributed by atoms with E-state index < -0.39 is 0 Å². The summed E-state index contributed by atoms with van der Waals surface area (Å²) in [6.07, 6.45) is 1.51. The smallest absolute Gasteiger partial charge is 0.306 e. The molecule has 1 aromatic carbocycles. The average Bonchev–Trinajstić information content (AvgIpc) is 3.38. The van der Waals surface area contributed by atoms with E-state index in [2.05, 4.69) is 20.4 Å². The Morgan fingerprint density at radius 1 is 1.19 bits per heavy atom. The first kappa shape index (κ1) is 23.6. The van der Waals surface area contributed by atoms with Gasteiger partial charge in [-0.3, -0.25) is 9.59 Å². The van der Waals surface area contributed by atoms with Crippen molar-refractivity contribution in [3.63, 3.8) is 0 Å². The number of hydrogen-bond acceptors (Lipinski definition) is 8. The first-order chi connectivity index (χ1) is 15.2. The van der Waals surface area contributed by atoms with Gasteiger partial charge in [0.05, 0.1) is 12.1 Å². The number of esters is 1. The van der Waals surface area contributed by atoms with Crippen LogP contribution in [0.3, 0.4) is 0 Å². The Bertz CT molecular complexity index is 1070. The van der Waals surface area contributed by atoms with Gasteiger partial charge in [0.25, 0.3) is 0 Å². The quantitative estimate of drug-likeness (QED) is 0.476. The van der Waals surface area contributed by atoms with Crippen LogP contribution >= 0.6 is 11.3 Å². The van der Waals surface area contributed by atoms with Crippen molar-refractivity contribution in [3.8, 4) is 0 Å². The maximum Gasteiger partial charge on any atom is 0.306 e. The largest absolute Gasteiger partial charge is 0.459 e. The van der Waals surface area contributed by atoms with Gasteiger partial charge >= 0.3 is 5.97 Å². The predicted molar refractivity (Wildman–Crippen MR) is 121 cm³/mol. The number of hydrogen-bond donors (Lipinski definition) is 1. The minimum atomic E-state index is -0.313. The molecular weight excluding hydrogens is 428 g/mol. The molecule has 0 aliphatic carbocycles. The van der Waals surface area contributed by atoms with Crippen LogP contribution in [-0.4, -0.2) is 27.0 Å². The number of carbonyl (C=O) groups is 2. The van der Waals surface area contributed by atoms with Crippen LogP contribution in [0.4, 0.5) is 5.69 Å². The van der Waals surface area contributed by atoms with Gasteiger partial charge in [0.15, 0.2) is 5.82 Å². The number of nitrogens with one attached hydrogen (secondary N) is 1. The lowest BCUT2D eigenvalue weighted by atomic mass is 9.96. The van der Waals surface area contributed by atoms with Crippen molar-refractivity contribution >= 4 is 28.9 Å². The van der Waals surface area contributed by atoms with Crippen LogP contribution in [0.1, 0.15) is 61.6 Å². The van der Waals surface area contributed by atoms with Crippen molar-refractivity contribution in [2.24, 2.45) is 0 Å². The van der Waals surface area contributed by atoms with E-state index in [0.29, 0.717) is 35.3 Å². The van der Waals surface area contributed by atoms with Crippen molar-refractivity contribution in [2.75, 3.05) is 5.32 Å². The summed E-state index contributed by atoms with van der Waals surface area (Å²) < 4.78 is 10.5. The molecule has 0 fully saturated rings. The van der Waals surface area contributed by atoms with Crippen molar-refractivity contribution in [1.29, 1.82) is 0 Å². The minimum Gasteiger partial charge on any atom is -0.459 e. The molecular formula is C23H28N4O4S. The molecule has 0 bridgehead atoms. The zero-order chi connectivity index (χ0) is 23.1. The lowest BCUT2D eigenvalue weighted by molar-refractivity contribution is -0.145. The van der Waals surface area contributed by atoms with Crippen molar-refractivity contribution in [3.05, 3.63) is 57.6 Å². The molecule has 32 heavy (non-hydrogen) atoms. The molecule has 1 N–H and O–H groups in total. The summed E-state index contributed by atoms with van der Waals surface area (Å²) in [6, 6.07) is 7.61. The zero-order valence-electron chi connectivity index (χ0n) is 18.8. The Morgan fingerprint density at radius 2 is 1.97 bits per heavy atom. The Labute approximate surface area is 191 Å². The summed E-state index contributed by atoms with van der Waals surface area (Å²) >= 11 is 1.37. The van der Waals surface area contributed by atoms with Crippen molar-refractivity contribution < 1.29 is 18.8 Å². The fourth-order valence-corrected chi connectivity index (χ4v) is 3.59. The molecule has 0 atom stereocenters. The van der Waals surface area contributed by atoms with E-state index in [1.807, 2.05) is 52.0 Å². The number of nitrogens with zero attached hydrogens (tertiary/aromatic N) is 3. The molecule has 0 saturated heterocycles. The fourth-order valence-electron chi connectivity index (χ4n) is 2.81. The molecule has 1 amide bonds. The molecule has 170 valence electrons. The number of ether oxygens (including phenoxy) is 1. The van der Waals surface area contributed by atoms with E-state index in [4.69, 9.17) is 9.26 Å². The molecule has 3 rings (SSSR count). The minimum absolute atomic E-state index is 0.0868. The summed E-state index contributed by atoms with van der Waals surface area (Å²) in [5, 5.41) is 9.34. The van der Waals surface area contributed by atoms with Crippen LogP contribution in [0.15, 0.2) is 34.2 Å². The zero-order valence-corrected chi connectivity index (χ0v) is 19.6. The lowest BCUT2D eigenvalue weighted by Crippen LogP contribution is -2.15. The fraction of sp³-hybridized carbons (Fsp3) is 0.435. The third-order valence-electron chi connectivity index (χ3n) is 4.62. The van der Waals surface area contributed by atoms with Gasteiger partial charge in [-0.1, -0.05) is 44.1 Å². The molecule has 3 aromatic rings. The van der Waals surface area contributed by atoms with Crippen LogP contribution < -0.4 is 5.32 Å². The number of aryl methyl sites for hydroxylation is 2. The maximum absolute atomic E-state index is 12.3. The van der Waals surface area contributed by atoms with Gasteiger partial charge in [0, 0.05) is 29.3 Å². The summed E-state index contributed by atoms with van der Waals surface area (Å²) in [5.74, 6) is 0.734. The molecule has 0 radical (unpaired) electrons. The van der Waals surface area contributed by atoms with Crippen molar-refractivity contribution in [1.82, 2.24) is 15.1 Å². The number of anilines is 1. The normalized spacial score (nSPS) is 11.4. The van der Waals surface area contributed by atoms with E-state index in [0.717, 1.165) is 11.3 Å². The second-order valence-electron chi connectivity index (χ2n) is 8.55. The first-order valence-corrected chi connectivity index (χ1v) is 11.4. The van der Waals surface area contributed by atoms with Crippen LogP contribution in [0.5, 0.6) is 0 Å². The number of amides is 1. The maximum atomic E-state index is 12.3. The van der Waals surface area contributed by atoms with Crippen LogP contribution in [0, 0.1) is 6.92 Å². The van der Waals surface area contributed by atoms with Gasteiger partial charge < -0.3 is 14.6 Å². The molecule has 2 aromatic heterocycles. The summed E-state index contributed by atoms with van der Waals surface area (Å²) in [5.41, 5.74) is 2.25. The first-order valence-electron chi connectivity index (χ1n) is 10.5. The Balaban J connectivity index is 1.38. The second kappa shape index (κ2) is 10.5. The molecule has 9 heteroatoms. The molecule has 2 heterocycles. The van der Waals surface area contributed by atoms with E-state index >= 15 is 0 Å². The predicted octanol–water partition coefficient (Wildman–Crippen LogP) is 4.38. The molecule has 0 saturated carbocycles. The highest BCUT2D eigenvalue weighted by molar-refractivity contribution is 7.09. The monoisotopic (exact) mass is 456 g/mol. The number of para-hydroxylation sites is 1. The molecule has 0 aliphatic rings. The van der Waals surface area contributed by atoms with Gasteiger partial charge in [-0.05, 0) is 25.0 Å². The number of aromatic nitrogens is 3. The van der Waals surface area contributed by atoms with Crippen molar-refractivity contribution in [2.45, 2.75) is 65.4 Å². The van der Waals surface area contributed by atoms with Crippen LogP contribution in [0.2, 0.25) is 0 Å². The second-order valence-corrected chi connectivity index (χ2v) is 9.49. The number of carbonyl (C=O) groups excluding carboxylic acids is 2. The summed E-state index contributed by atoms with van der Waals surface area (Å²) in [6.45, 7) is 8.07. The molecule has 8 nitrogen and oxygen atoms in total. The van der Waals surface area contributed by atoms with Crippen LogP contribution in [0.25, 0.3) is 0 Å². The molecule has 0 aliphatic heterocycles. The lowest BCUT2D eigenvalue weighted by Gasteiger charge is -2.10. The standard InChI is InChI=1S/C23H28N4O4S/c1-15-8-5-6-9-17(15)25-18(28)12-20-24-16(14-32-20)13-30-21(29)11-7-10-19-26-22(27-31-19)23(2,3)4/h5-6,8-9,14H,7,10-13H2,1-4H3,(H,25,28). The van der Waals surface area contributed by atoms with Gasteiger partial charge in [0.2, 0.25) is 11.8 Å². The van der Waals surface area contributed by atoms with E-state index in [1.54, 1.807) is 5.38 Å². The average molecular weight is 457 g/mol. The van der Waals surface area contributed by atoms with E-state index in [-0.39, 0.29) is 36.7 Å². The van der Waals surface area contributed by atoms with Crippen LogP contribution in [-0.2, 0) is 39.2 Å². The van der Waals surface area contributed by atoms with E-state index in [9.17, 15) is 9.59 Å². The highest BCUT2D eigenvalue weighted by Gasteiger charge is 2.21. The topological polar surface area (TPSA) is 107 Å². The van der Waals surface area contributed by atoms with E-state index in [1.165, 1.54) is 11.3 Å². The highest BCUT2D eigenvalue weighted by atomic mass is 32.1. The Hall–Kier alpha value is -3.07. The number of benzene rings is 1. The Morgan fingerprint density at radius 3 is 2.69 bits per heavy atom. The summed E-state index contributed by atoms with van der Waals surface area (Å²) in [4.78, 5) is 33.0. The third-order valence-corrected chi connectivity index (χ3v) is 5.52. The molecule has 0 unspecified atom stereocenters. The van der Waals surface area contributed by atoms with Gasteiger partial charge in [-0.15, -0.1) is 11.3 Å². The van der Waals surface area contributed by atoms with Gasteiger partial charge in [0.1, 0.15) is 11.6 Å². The highest BCUT2D eigenvalue weighted by Crippen LogP contribution is 2.19. The Kier molecular flexibility index (Phi) is 7.74.